The Hall–Kier alpha value is -1.88. The second-order valence-electron chi connectivity index (χ2n) is 9.86. The zero-order valence-corrected chi connectivity index (χ0v) is 23.4. The summed E-state index contributed by atoms with van der Waals surface area (Å²) in [6, 6.07) is 7.69. The van der Waals surface area contributed by atoms with Crippen molar-refractivity contribution in [3.05, 3.63) is 40.6 Å². The average molecular weight is 547 g/mol. The van der Waals surface area contributed by atoms with E-state index in [1.165, 1.54) is 11.8 Å². The van der Waals surface area contributed by atoms with Crippen molar-refractivity contribution >= 4 is 49.9 Å². The Morgan fingerprint density at radius 1 is 1.11 bits per heavy atom. The molecule has 0 unspecified atom stereocenters. The lowest BCUT2D eigenvalue weighted by Crippen LogP contribution is -2.45. The van der Waals surface area contributed by atoms with Crippen LogP contribution in [0.1, 0.15) is 44.2 Å². The molecular weight excluding hydrogens is 513 g/mol. The number of carbonyl (C=O) groups excluding carboxylic acids is 1. The number of fused-ring (bicyclic) bond motifs is 1. The van der Waals surface area contributed by atoms with Gasteiger partial charge in [0.05, 0.1) is 15.9 Å². The molecule has 1 aromatic carbocycles. The third kappa shape index (κ3) is 5.51. The van der Waals surface area contributed by atoms with E-state index in [0.29, 0.717) is 10.8 Å². The highest BCUT2D eigenvalue weighted by molar-refractivity contribution is 7.99. The molecule has 4 heterocycles. The number of likely N-dealkylation sites (tertiary alicyclic amines) is 2. The molecule has 2 aromatic heterocycles. The van der Waals surface area contributed by atoms with E-state index in [2.05, 4.69) is 38.1 Å². The third-order valence-corrected chi connectivity index (χ3v) is 10.1. The Labute approximate surface area is 221 Å². The van der Waals surface area contributed by atoms with E-state index < -0.39 is 9.84 Å². The topological polar surface area (TPSA) is 75.5 Å². The molecule has 0 spiro atoms. The highest BCUT2D eigenvalue weighted by Gasteiger charge is 2.32. The van der Waals surface area contributed by atoms with E-state index in [9.17, 15) is 13.2 Å². The molecule has 2 aliphatic heterocycles. The molecule has 0 radical (unpaired) electrons. The second kappa shape index (κ2) is 10.8. The fourth-order valence-electron chi connectivity index (χ4n) is 5.45. The number of piperidine rings is 2. The largest absolute Gasteiger partial charge is 0.342 e. The van der Waals surface area contributed by atoms with E-state index in [0.717, 1.165) is 80.3 Å². The van der Waals surface area contributed by atoms with Gasteiger partial charge in [-0.1, -0.05) is 18.7 Å². The lowest BCUT2D eigenvalue weighted by molar-refractivity contribution is -0.138. The normalized spacial score (nSPS) is 18.8. The van der Waals surface area contributed by atoms with Crippen LogP contribution in [0.25, 0.3) is 11.0 Å². The first-order valence-electron chi connectivity index (χ1n) is 12.7. The number of thioether (sulfide) groups is 1. The van der Waals surface area contributed by atoms with Crippen molar-refractivity contribution in [3.63, 3.8) is 0 Å². The summed E-state index contributed by atoms with van der Waals surface area (Å²) in [5.74, 6) is 1.35. The monoisotopic (exact) mass is 546 g/mol. The molecule has 36 heavy (non-hydrogen) atoms. The van der Waals surface area contributed by atoms with Gasteiger partial charge in [-0.2, -0.15) is 11.3 Å². The van der Waals surface area contributed by atoms with Gasteiger partial charge in [0, 0.05) is 37.8 Å². The summed E-state index contributed by atoms with van der Waals surface area (Å²) in [5.41, 5.74) is 3.06. The first-order chi connectivity index (χ1) is 17.3. The van der Waals surface area contributed by atoms with Crippen LogP contribution >= 0.6 is 23.1 Å². The zero-order chi connectivity index (χ0) is 25.3. The number of hydrogen-bond donors (Lipinski definition) is 0. The molecule has 1 amide bonds. The second-order valence-corrected chi connectivity index (χ2v) is 13.9. The number of amides is 1. The smallest absolute Gasteiger partial charge is 0.225 e. The minimum atomic E-state index is -3.28. The van der Waals surface area contributed by atoms with Crippen LogP contribution in [0.15, 0.2) is 45.1 Å². The van der Waals surface area contributed by atoms with Gasteiger partial charge in [-0.15, -0.1) is 0 Å². The van der Waals surface area contributed by atoms with Crippen LogP contribution < -0.4 is 0 Å². The summed E-state index contributed by atoms with van der Waals surface area (Å²) in [6.07, 6.45) is 4.88. The minimum absolute atomic E-state index is 0.134. The summed E-state index contributed by atoms with van der Waals surface area (Å²) < 4.78 is 26.3. The maximum absolute atomic E-state index is 13.3. The number of hydrogen-bond acceptors (Lipinski definition) is 7. The molecule has 0 atom stereocenters. The molecule has 3 aromatic rings. The molecule has 5 rings (SSSR count). The van der Waals surface area contributed by atoms with Crippen LogP contribution in [0.4, 0.5) is 0 Å². The predicted octanol–water partition coefficient (Wildman–Crippen LogP) is 4.69. The summed E-state index contributed by atoms with van der Waals surface area (Å²) >= 11 is 3.42. The maximum atomic E-state index is 13.3. The molecule has 0 bridgehead atoms. The van der Waals surface area contributed by atoms with Gasteiger partial charge in [0.2, 0.25) is 5.91 Å². The maximum Gasteiger partial charge on any atom is 0.225 e. The van der Waals surface area contributed by atoms with Crippen LogP contribution in [-0.2, 0) is 21.2 Å². The SMILES string of the molecule is CCSc1nc2cc(S(C)(=O)=O)ccc2n1C1CCN(C(=O)C2CCN(Cc3ccsc3)CC2)CC1. The van der Waals surface area contributed by atoms with E-state index >= 15 is 0 Å². The van der Waals surface area contributed by atoms with Crippen molar-refractivity contribution in [1.29, 1.82) is 0 Å². The lowest BCUT2D eigenvalue weighted by atomic mass is 9.93. The lowest BCUT2D eigenvalue weighted by Gasteiger charge is -2.38. The van der Waals surface area contributed by atoms with Crippen molar-refractivity contribution in [2.24, 2.45) is 5.92 Å². The molecule has 2 saturated heterocycles. The zero-order valence-electron chi connectivity index (χ0n) is 20.9. The molecule has 10 heteroatoms. The predicted molar refractivity (Wildman–Crippen MR) is 146 cm³/mol. The highest BCUT2D eigenvalue weighted by atomic mass is 32.2. The van der Waals surface area contributed by atoms with Crippen LogP contribution in [0.2, 0.25) is 0 Å². The van der Waals surface area contributed by atoms with Gasteiger partial charge in [-0.25, -0.2) is 13.4 Å². The molecular formula is C26H34N4O3S3. The highest BCUT2D eigenvalue weighted by Crippen LogP contribution is 2.34. The standard InChI is InChI=1S/C26H34N4O3S3/c1-3-35-26-27-23-16-22(36(2,32)33)4-5-24(23)30(26)21-8-13-29(14-9-21)25(31)20-6-11-28(12-7-20)17-19-10-15-34-18-19/h4-5,10,15-16,18,20-21H,3,6-9,11-14,17H2,1-2H3. The average Bonchev–Trinajstić information content (AvgIpc) is 3.51. The summed E-state index contributed by atoms with van der Waals surface area (Å²) in [5, 5.41) is 5.26. The number of sulfone groups is 1. The van der Waals surface area contributed by atoms with Crippen molar-refractivity contribution in [2.75, 3.05) is 38.2 Å². The van der Waals surface area contributed by atoms with E-state index in [4.69, 9.17) is 4.98 Å². The van der Waals surface area contributed by atoms with E-state index in [1.807, 2.05) is 6.07 Å². The number of aromatic nitrogens is 2. The molecule has 2 fully saturated rings. The number of imidazole rings is 1. The number of carbonyl (C=O) groups is 1. The Bertz CT molecular complexity index is 1300. The number of thiophene rings is 1. The van der Waals surface area contributed by atoms with Crippen molar-refractivity contribution in [2.45, 2.75) is 55.2 Å². The number of nitrogens with zero attached hydrogens (tertiary/aromatic N) is 4. The van der Waals surface area contributed by atoms with Crippen LogP contribution in [-0.4, -0.2) is 71.9 Å². The van der Waals surface area contributed by atoms with Gasteiger partial charge in [0.1, 0.15) is 0 Å². The molecule has 7 nitrogen and oxygen atoms in total. The molecule has 0 saturated carbocycles. The summed E-state index contributed by atoms with van der Waals surface area (Å²) in [7, 11) is -3.28. The van der Waals surface area contributed by atoms with Gasteiger partial charge in [0.15, 0.2) is 15.0 Å². The summed E-state index contributed by atoms with van der Waals surface area (Å²) in [6.45, 7) is 6.57. The van der Waals surface area contributed by atoms with Gasteiger partial charge in [-0.3, -0.25) is 9.69 Å². The van der Waals surface area contributed by atoms with Gasteiger partial charge < -0.3 is 9.47 Å². The minimum Gasteiger partial charge on any atom is -0.342 e. The number of benzene rings is 1. The van der Waals surface area contributed by atoms with Crippen LogP contribution in [0.5, 0.6) is 0 Å². The van der Waals surface area contributed by atoms with Crippen molar-refractivity contribution in [3.8, 4) is 0 Å². The quantitative estimate of drug-likeness (QED) is 0.400. The van der Waals surface area contributed by atoms with Crippen LogP contribution in [0, 0.1) is 5.92 Å². The van der Waals surface area contributed by atoms with Gasteiger partial charge >= 0.3 is 0 Å². The van der Waals surface area contributed by atoms with E-state index in [-0.39, 0.29) is 12.0 Å². The summed E-state index contributed by atoms with van der Waals surface area (Å²) in [4.78, 5) is 22.9. The van der Waals surface area contributed by atoms with Crippen molar-refractivity contribution in [1.82, 2.24) is 19.4 Å². The van der Waals surface area contributed by atoms with Gasteiger partial charge in [0.25, 0.3) is 0 Å². The molecule has 0 N–H and O–H groups in total. The fraction of sp³-hybridized carbons (Fsp3) is 0.538. The fourth-order valence-corrected chi connectivity index (χ4v) is 7.56. The van der Waals surface area contributed by atoms with Crippen molar-refractivity contribution < 1.29 is 13.2 Å². The van der Waals surface area contributed by atoms with Gasteiger partial charge in [-0.05, 0) is 85.1 Å². The molecule has 194 valence electrons. The van der Waals surface area contributed by atoms with Crippen LogP contribution in [0.3, 0.4) is 0 Å². The molecule has 2 aliphatic rings. The molecule has 0 aliphatic carbocycles. The first kappa shape index (κ1) is 25.8. The Morgan fingerprint density at radius 2 is 1.86 bits per heavy atom. The third-order valence-electron chi connectivity index (χ3n) is 7.39. The Kier molecular flexibility index (Phi) is 7.76. The Morgan fingerprint density at radius 3 is 2.50 bits per heavy atom. The number of rotatable bonds is 7. The Balaban J connectivity index is 1.23. The first-order valence-corrected chi connectivity index (χ1v) is 16.5. The van der Waals surface area contributed by atoms with E-state index in [1.54, 1.807) is 35.2 Å².